The van der Waals surface area contributed by atoms with Crippen molar-refractivity contribution < 1.29 is 19.1 Å². The van der Waals surface area contributed by atoms with E-state index in [4.69, 9.17) is 4.74 Å². The van der Waals surface area contributed by atoms with E-state index in [0.29, 0.717) is 26.2 Å². The lowest BCUT2D eigenvalue weighted by Crippen LogP contribution is -2.51. The standard InChI is InChI=1S/C16H17N3O4S2/c1-11(20)18-4-6-19(7-5-18)14(21)9-23-16(22)12-10-25-15(17-12)13-3-2-8-24-13/h2-3,8,10H,4-7,9H2,1H3. The maximum Gasteiger partial charge on any atom is 0.358 e. The van der Waals surface area contributed by atoms with Crippen molar-refractivity contribution >= 4 is 40.5 Å². The van der Waals surface area contributed by atoms with Gasteiger partial charge in [-0.1, -0.05) is 6.07 Å². The number of piperazine rings is 1. The van der Waals surface area contributed by atoms with Gasteiger partial charge in [0.25, 0.3) is 5.91 Å². The number of ether oxygens (including phenoxy) is 1. The highest BCUT2D eigenvalue weighted by Crippen LogP contribution is 2.27. The highest BCUT2D eigenvalue weighted by Gasteiger charge is 2.23. The summed E-state index contributed by atoms with van der Waals surface area (Å²) < 4.78 is 5.08. The Morgan fingerprint density at radius 3 is 2.52 bits per heavy atom. The van der Waals surface area contributed by atoms with Gasteiger partial charge in [-0.15, -0.1) is 22.7 Å². The van der Waals surface area contributed by atoms with E-state index < -0.39 is 5.97 Å². The number of aromatic nitrogens is 1. The van der Waals surface area contributed by atoms with E-state index >= 15 is 0 Å². The number of nitrogens with zero attached hydrogens (tertiary/aromatic N) is 3. The Kier molecular flexibility index (Phi) is 5.44. The molecule has 0 aliphatic carbocycles. The van der Waals surface area contributed by atoms with Gasteiger partial charge < -0.3 is 14.5 Å². The summed E-state index contributed by atoms with van der Waals surface area (Å²) in [7, 11) is 0. The molecule has 0 unspecified atom stereocenters. The molecule has 1 aliphatic heterocycles. The molecule has 0 saturated carbocycles. The summed E-state index contributed by atoms with van der Waals surface area (Å²) in [6.45, 7) is 3.11. The molecular weight excluding hydrogens is 362 g/mol. The number of thiazole rings is 1. The zero-order chi connectivity index (χ0) is 17.8. The van der Waals surface area contributed by atoms with Crippen LogP contribution in [0.15, 0.2) is 22.9 Å². The lowest BCUT2D eigenvalue weighted by atomic mass is 10.3. The Labute approximate surface area is 152 Å². The van der Waals surface area contributed by atoms with Crippen molar-refractivity contribution in [3.8, 4) is 9.88 Å². The van der Waals surface area contributed by atoms with Crippen molar-refractivity contribution in [1.82, 2.24) is 14.8 Å². The highest BCUT2D eigenvalue weighted by atomic mass is 32.1. The van der Waals surface area contributed by atoms with E-state index in [1.165, 1.54) is 18.3 Å². The van der Waals surface area contributed by atoms with E-state index in [2.05, 4.69) is 4.98 Å². The van der Waals surface area contributed by atoms with Gasteiger partial charge in [0, 0.05) is 38.5 Å². The molecule has 25 heavy (non-hydrogen) atoms. The van der Waals surface area contributed by atoms with Gasteiger partial charge in [-0.25, -0.2) is 9.78 Å². The second kappa shape index (κ2) is 7.75. The third-order valence-electron chi connectivity index (χ3n) is 3.85. The van der Waals surface area contributed by atoms with Crippen molar-refractivity contribution in [2.45, 2.75) is 6.92 Å². The van der Waals surface area contributed by atoms with Crippen molar-refractivity contribution in [1.29, 1.82) is 0 Å². The maximum absolute atomic E-state index is 12.1. The van der Waals surface area contributed by atoms with Gasteiger partial charge in [0.15, 0.2) is 12.3 Å². The fourth-order valence-electron chi connectivity index (χ4n) is 2.44. The maximum atomic E-state index is 12.1. The van der Waals surface area contributed by atoms with Crippen LogP contribution in [0.1, 0.15) is 17.4 Å². The molecular formula is C16H17N3O4S2. The van der Waals surface area contributed by atoms with E-state index in [0.717, 1.165) is 9.88 Å². The van der Waals surface area contributed by atoms with Gasteiger partial charge in [0.1, 0.15) is 5.01 Å². The molecule has 132 valence electrons. The van der Waals surface area contributed by atoms with Gasteiger partial charge in [-0.05, 0) is 11.4 Å². The van der Waals surface area contributed by atoms with Gasteiger partial charge >= 0.3 is 5.97 Å². The summed E-state index contributed by atoms with van der Waals surface area (Å²) in [4.78, 5) is 44.0. The third-order valence-corrected chi connectivity index (χ3v) is 5.73. The Bertz CT molecular complexity index is 764. The molecule has 3 heterocycles. The summed E-state index contributed by atoms with van der Waals surface area (Å²) in [6, 6.07) is 3.85. The van der Waals surface area contributed by atoms with Crippen LogP contribution >= 0.6 is 22.7 Å². The topological polar surface area (TPSA) is 79.8 Å². The second-order valence-electron chi connectivity index (χ2n) is 5.48. The minimum atomic E-state index is -0.602. The van der Waals surface area contributed by atoms with E-state index in [1.54, 1.807) is 26.5 Å². The molecule has 0 spiro atoms. The summed E-state index contributed by atoms with van der Waals surface area (Å²) >= 11 is 2.91. The van der Waals surface area contributed by atoms with Crippen molar-refractivity contribution in [2.24, 2.45) is 0 Å². The van der Waals surface area contributed by atoms with E-state index in [9.17, 15) is 14.4 Å². The fourth-order valence-corrected chi connectivity index (χ4v) is 4.05. The molecule has 1 saturated heterocycles. The molecule has 0 atom stereocenters. The van der Waals surface area contributed by atoms with Crippen LogP contribution in [0.3, 0.4) is 0 Å². The molecule has 1 fully saturated rings. The van der Waals surface area contributed by atoms with Crippen LogP contribution in [-0.4, -0.2) is 65.4 Å². The first-order valence-electron chi connectivity index (χ1n) is 7.74. The van der Waals surface area contributed by atoms with Crippen LogP contribution in [0, 0.1) is 0 Å². The SMILES string of the molecule is CC(=O)N1CCN(C(=O)COC(=O)c2csc(-c3cccs3)n2)CC1. The number of carbonyl (C=O) groups is 3. The van der Waals surface area contributed by atoms with Crippen molar-refractivity contribution in [2.75, 3.05) is 32.8 Å². The van der Waals surface area contributed by atoms with Crippen molar-refractivity contribution in [3.05, 3.63) is 28.6 Å². The molecule has 2 aromatic rings. The van der Waals surface area contributed by atoms with Crippen LogP contribution in [-0.2, 0) is 14.3 Å². The number of esters is 1. The molecule has 0 N–H and O–H groups in total. The van der Waals surface area contributed by atoms with Gasteiger partial charge in [0.05, 0.1) is 4.88 Å². The van der Waals surface area contributed by atoms with Crippen LogP contribution in [0.25, 0.3) is 9.88 Å². The number of amides is 2. The third kappa shape index (κ3) is 4.23. The monoisotopic (exact) mass is 379 g/mol. The lowest BCUT2D eigenvalue weighted by molar-refractivity contribution is -0.140. The van der Waals surface area contributed by atoms with Crippen LogP contribution in [0.2, 0.25) is 0 Å². The first kappa shape index (κ1) is 17.6. The molecule has 2 amide bonds. The van der Waals surface area contributed by atoms with Crippen LogP contribution in [0.5, 0.6) is 0 Å². The molecule has 0 bridgehead atoms. The second-order valence-corrected chi connectivity index (χ2v) is 7.28. The molecule has 0 aromatic carbocycles. The van der Waals surface area contributed by atoms with Gasteiger partial charge in [-0.2, -0.15) is 0 Å². The van der Waals surface area contributed by atoms with Crippen LogP contribution in [0.4, 0.5) is 0 Å². The molecule has 0 radical (unpaired) electrons. The summed E-state index contributed by atoms with van der Waals surface area (Å²) in [5, 5.41) is 4.33. The molecule has 3 rings (SSSR count). The number of thiophene rings is 1. The Morgan fingerprint density at radius 1 is 1.16 bits per heavy atom. The minimum absolute atomic E-state index is 0.00334. The zero-order valence-electron chi connectivity index (χ0n) is 13.6. The van der Waals surface area contributed by atoms with E-state index in [-0.39, 0.29) is 24.1 Å². The summed E-state index contributed by atoms with van der Waals surface area (Å²) in [6.07, 6.45) is 0. The number of hydrogen-bond acceptors (Lipinski definition) is 7. The van der Waals surface area contributed by atoms with E-state index in [1.807, 2.05) is 17.5 Å². The fraction of sp³-hybridized carbons (Fsp3) is 0.375. The van der Waals surface area contributed by atoms with Gasteiger partial charge in [0.2, 0.25) is 5.91 Å². The number of rotatable bonds is 4. The highest BCUT2D eigenvalue weighted by molar-refractivity contribution is 7.20. The average Bonchev–Trinajstić information content (AvgIpc) is 3.30. The summed E-state index contributed by atoms with van der Waals surface area (Å²) in [5.41, 5.74) is 0.211. The quantitative estimate of drug-likeness (QED) is 0.756. The minimum Gasteiger partial charge on any atom is -0.451 e. The Morgan fingerprint density at radius 2 is 1.88 bits per heavy atom. The normalized spacial score (nSPS) is 14.4. The van der Waals surface area contributed by atoms with Crippen molar-refractivity contribution in [3.63, 3.8) is 0 Å². The van der Waals surface area contributed by atoms with Gasteiger partial charge in [-0.3, -0.25) is 9.59 Å². The molecule has 1 aliphatic rings. The number of carbonyl (C=O) groups excluding carboxylic acids is 3. The Balaban J connectivity index is 1.49. The molecule has 7 nitrogen and oxygen atoms in total. The smallest absolute Gasteiger partial charge is 0.358 e. The molecule has 9 heteroatoms. The first-order valence-corrected chi connectivity index (χ1v) is 9.50. The predicted octanol–water partition coefficient (Wildman–Crippen LogP) is 1.72. The first-order chi connectivity index (χ1) is 12.0. The van der Waals surface area contributed by atoms with Crippen LogP contribution < -0.4 is 0 Å². The largest absolute Gasteiger partial charge is 0.451 e. The predicted molar refractivity (Wildman–Crippen MR) is 94.5 cm³/mol. The molecule has 2 aromatic heterocycles. The zero-order valence-corrected chi connectivity index (χ0v) is 15.3. The lowest BCUT2D eigenvalue weighted by Gasteiger charge is -2.34. The number of hydrogen-bond donors (Lipinski definition) is 0. The summed E-state index contributed by atoms with van der Waals surface area (Å²) in [5.74, 6) is -0.858. The average molecular weight is 379 g/mol. The Hall–Kier alpha value is -2.26.